The van der Waals surface area contributed by atoms with E-state index < -0.39 is 11.6 Å². The van der Waals surface area contributed by atoms with Gasteiger partial charge >= 0.3 is 0 Å². The van der Waals surface area contributed by atoms with Gasteiger partial charge in [0.1, 0.15) is 10.7 Å². The van der Waals surface area contributed by atoms with E-state index in [-0.39, 0.29) is 17.4 Å². The van der Waals surface area contributed by atoms with Crippen LogP contribution in [0.3, 0.4) is 0 Å². The van der Waals surface area contributed by atoms with E-state index in [0.29, 0.717) is 37.8 Å². The molecule has 0 atom stereocenters. The Hall–Kier alpha value is -3.13. The largest absolute Gasteiger partial charge is 0.335 e. The molecule has 3 aromatic rings. The molecule has 0 spiro atoms. The molecule has 0 saturated carbocycles. The summed E-state index contributed by atoms with van der Waals surface area (Å²) in [6, 6.07) is 11.3. The predicted octanol–water partition coefficient (Wildman–Crippen LogP) is 4.81. The fraction of sp³-hybridized carbons (Fsp3) is 0.292. The van der Waals surface area contributed by atoms with E-state index in [9.17, 15) is 18.4 Å². The number of thiazole rings is 1. The Bertz CT molecular complexity index is 1140. The lowest BCUT2D eigenvalue weighted by Gasteiger charge is -2.34. The molecule has 1 aliphatic rings. The Kier molecular flexibility index (Phi) is 6.32. The van der Waals surface area contributed by atoms with Crippen molar-refractivity contribution in [3.63, 3.8) is 0 Å². The number of carbonyl (C=O) groups excluding carboxylic acids is 2. The van der Waals surface area contributed by atoms with Crippen LogP contribution in [0.1, 0.15) is 46.2 Å². The van der Waals surface area contributed by atoms with Crippen molar-refractivity contribution in [1.29, 1.82) is 0 Å². The van der Waals surface area contributed by atoms with Gasteiger partial charge < -0.3 is 9.80 Å². The van der Waals surface area contributed by atoms with Gasteiger partial charge in [-0.05, 0) is 29.7 Å². The minimum atomic E-state index is -1.05. The topological polar surface area (TPSA) is 53.5 Å². The third-order valence-corrected chi connectivity index (χ3v) is 6.46. The maximum Gasteiger partial charge on any atom is 0.273 e. The fourth-order valence-corrected chi connectivity index (χ4v) is 4.40. The van der Waals surface area contributed by atoms with Crippen molar-refractivity contribution in [3.05, 3.63) is 76.3 Å². The molecule has 8 heteroatoms. The lowest BCUT2D eigenvalue weighted by molar-refractivity contribution is 0.0532. The van der Waals surface area contributed by atoms with Gasteiger partial charge in [-0.25, -0.2) is 13.8 Å². The van der Waals surface area contributed by atoms with Crippen LogP contribution >= 0.6 is 11.3 Å². The van der Waals surface area contributed by atoms with Gasteiger partial charge in [-0.2, -0.15) is 0 Å². The summed E-state index contributed by atoms with van der Waals surface area (Å²) in [6.45, 7) is 5.61. The molecule has 166 valence electrons. The van der Waals surface area contributed by atoms with Gasteiger partial charge in [-0.3, -0.25) is 9.59 Å². The van der Waals surface area contributed by atoms with Gasteiger partial charge in [0, 0.05) is 42.7 Å². The number of rotatable bonds is 4. The molecule has 1 aromatic heterocycles. The van der Waals surface area contributed by atoms with E-state index in [1.165, 1.54) is 23.0 Å². The van der Waals surface area contributed by atoms with Crippen LogP contribution in [0.15, 0.2) is 47.8 Å². The van der Waals surface area contributed by atoms with Crippen LogP contribution in [0.25, 0.3) is 10.6 Å². The van der Waals surface area contributed by atoms with Crippen LogP contribution in [0.5, 0.6) is 0 Å². The Morgan fingerprint density at radius 3 is 2.12 bits per heavy atom. The van der Waals surface area contributed by atoms with E-state index in [4.69, 9.17) is 0 Å². The second-order valence-corrected chi connectivity index (χ2v) is 8.89. The minimum absolute atomic E-state index is 0.0938. The standard InChI is InChI=1S/C24H23F2N3O2S/c1-15(2)16-3-5-17(6-4-16)22-27-21(14-32-22)24(31)29-11-9-28(10-12-29)23(30)18-7-8-19(25)20(26)13-18/h3-8,13-15H,9-12H2,1-2H3. The average molecular weight is 456 g/mol. The molecule has 0 unspecified atom stereocenters. The number of amides is 2. The van der Waals surface area contributed by atoms with Crippen molar-refractivity contribution in [3.8, 4) is 10.6 Å². The van der Waals surface area contributed by atoms with Crippen LogP contribution in [0.4, 0.5) is 8.78 Å². The van der Waals surface area contributed by atoms with Crippen LogP contribution in [0.2, 0.25) is 0 Å². The highest BCUT2D eigenvalue weighted by Gasteiger charge is 2.27. The Morgan fingerprint density at radius 2 is 1.53 bits per heavy atom. The quantitative estimate of drug-likeness (QED) is 0.567. The molecule has 0 aliphatic carbocycles. The fourth-order valence-electron chi connectivity index (χ4n) is 3.60. The van der Waals surface area contributed by atoms with Crippen LogP contribution in [-0.4, -0.2) is 52.8 Å². The van der Waals surface area contributed by atoms with Gasteiger partial charge in [-0.1, -0.05) is 38.1 Å². The summed E-state index contributed by atoms with van der Waals surface area (Å²) >= 11 is 1.43. The summed E-state index contributed by atoms with van der Waals surface area (Å²) in [4.78, 5) is 33.2. The molecule has 32 heavy (non-hydrogen) atoms. The maximum atomic E-state index is 13.4. The lowest BCUT2D eigenvalue weighted by atomic mass is 10.0. The summed E-state index contributed by atoms with van der Waals surface area (Å²) in [5.41, 5.74) is 2.70. The molecule has 1 saturated heterocycles. The Balaban J connectivity index is 1.38. The first kappa shape index (κ1) is 22.1. The highest BCUT2D eigenvalue weighted by atomic mass is 32.1. The second kappa shape index (κ2) is 9.16. The Labute approximate surface area is 189 Å². The number of hydrogen-bond acceptors (Lipinski definition) is 4. The van der Waals surface area contributed by atoms with Gasteiger partial charge in [0.05, 0.1) is 0 Å². The molecule has 2 amide bonds. The number of carbonyl (C=O) groups is 2. The first-order valence-electron chi connectivity index (χ1n) is 10.4. The molecular formula is C24H23F2N3O2S. The van der Waals surface area contributed by atoms with Crippen molar-refractivity contribution < 1.29 is 18.4 Å². The molecule has 0 N–H and O–H groups in total. The molecular weight excluding hydrogens is 432 g/mol. The normalized spacial score (nSPS) is 14.2. The molecule has 1 fully saturated rings. The highest BCUT2D eigenvalue weighted by molar-refractivity contribution is 7.13. The number of nitrogens with zero attached hydrogens (tertiary/aromatic N) is 3. The van der Waals surface area contributed by atoms with Gasteiger partial charge in [0.25, 0.3) is 11.8 Å². The van der Waals surface area contributed by atoms with Crippen molar-refractivity contribution in [1.82, 2.24) is 14.8 Å². The summed E-state index contributed by atoms with van der Waals surface area (Å²) in [5.74, 6) is -2.15. The lowest BCUT2D eigenvalue weighted by Crippen LogP contribution is -2.50. The minimum Gasteiger partial charge on any atom is -0.335 e. The van der Waals surface area contributed by atoms with E-state index >= 15 is 0 Å². The van der Waals surface area contributed by atoms with Gasteiger partial charge in [0.2, 0.25) is 0 Å². The molecule has 5 nitrogen and oxygen atoms in total. The SMILES string of the molecule is CC(C)c1ccc(-c2nc(C(=O)N3CCN(C(=O)c4ccc(F)c(F)c4)CC3)cs2)cc1. The van der Waals surface area contributed by atoms with Crippen molar-refractivity contribution in [2.45, 2.75) is 19.8 Å². The summed E-state index contributed by atoms with van der Waals surface area (Å²) in [6.07, 6.45) is 0. The molecule has 2 heterocycles. The number of halogens is 2. The molecule has 0 bridgehead atoms. The van der Waals surface area contributed by atoms with Gasteiger partial charge in [-0.15, -0.1) is 11.3 Å². The van der Waals surface area contributed by atoms with Crippen molar-refractivity contribution >= 4 is 23.2 Å². The van der Waals surface area contributed by atoms with Crippen LogP contribution < -0.4 is 0 Å². The number of hydrogen-bond donors (Lipinski definition) is 0. The smallest absolute Gasteiger partial charge is 0.273 e. The zero-order chi connectivity index (χ0) is 22.8. The summed E-state index contributed by atoms with van der Waals surface area (Å²) in [5, 5.41) is 2.54. The molecule has 2 aromatic carbocycles. The third kappa shape index (κ3) is 4.55. The predicted molar refractivity (Wildman–Crippen MR) is 120 cm³/mol. The van der Waals surface area contributed by atoms with Crippen LogP contribution in [-0.2, 0) is 0 Å². The van der Waals surface area contributed by atoms with Crippen molar-refractivity contribution in [2.24, 2.45) is 0 Å². The van der Waals surface area contributed by atoms with Crippen LogP contribution in [0, 0.1) is 11.6 Å². The number of piperazine rings is 1. The first-order valence-corrected chi connectivity index (χ1v) is 11.3. The number of aromatic nitrogens is 1. The summed E-state index contributed by atoms with van der Waals surface area (Å²) < 4.78 is 26.6. The maximum absolute atomic E-state index is 13.4. The Morgan fingerprint density at radius 1 is 0.906 bits per heavy atom. The monoisotopic (exact) mass is 455 g/mol. The first-order chi connectivity index (χ1) is 15.3. The number of benzene rings is 2. The van der Waals surface area contributed by atoms with E-state index in [1.807, 2.05) is 12.1 Å². The second-order valence-electron chi connectivity index (χ2n) is 8.03. The highest BCUT2D eigenvalue weighted by Crippen LogP contribution is 2.26. The van der Waals surface area contributed by atoms with Gasteiger partial charge in [0.15, 0.2) is 11.6 Å². The molecule has 1 aliphatic heterocycles. The van der Waals surface area contributed by atoms with E-state index in [1.54, 1.807) is 15.2 Å². The average Bonchev–Trinajstić information content (AvgIpc) is 3.30. The zero-order valence-corrected chi connectivity index (χ0v) is 18.7. The van der Waals surface area contributed by atoms with E-state index in [0.717, 1.165) is 22.7 Å². The zero-order valence-electron chi connectivity index (χ0n) is 17.8. The summed E-state index contributed by atoms with van der Waals surface area (Å²) in [7, 11) is 0. The third-order valence-electron chi connectivity index (χ3n) is 5.57. The molecule has 4 rings (SSSR count). The molecule has 0 radical (unpaired) electrons. The van der Waals surface area contributed by atoms with E-state index in [2.05, 4.69) is 31.0 Å². The van der Waals surface area contributed by atoms with Crippen molar-refractivity contribution in [2.75, 3.05) is 26.2 Å².